The summed E-state index contributed by atoms with van der Waals surface area (Å²) in [5, 5.41) is 3.45. The maximum absolute atomic E-state index is 6.12. The second kappa shape index (κ2) is 9.81. The molecule has 5 heteroatoms. The first-order chi connectivity index (χ1) is 13.2. The first-order valence-electron chi connectivity index (χ1n) is 8.77. The van der Waals surface area contributed by atoms with Gasteiger partial charge in [0, 0.05) is 22.3 Å². The molecule has 0 amide bonds. The standard InChI is InChI=1S/C22H21Br2NO2/c1-2-26-20-10-8-19(9-11-20)25-14-17-12-18(23)13-21(24)22(17)27-15-16-6-4-3-5-7-16/h3-13,25H,2,14-15H2,1H3. The molecule has 0 bridgehead atoms. The molecule has 0 heterocycles. The van der Waals surface area contributed by atoms with Crippen LogP contribution in [-0.2, 0) is 13.2 Å². The third-order valence-corrected chi connectivity index (χ3v) is 5.01. The minimum Gasteiger partial charge on any atom is -0.494 e. The van der Waals surface area contributed by atoms with Crippen molar-refractivity contribution in [3.63, 3.8) is 0 Å². The molecule has 140 valence electrons. The maximum atomic E-state index is 6.12. The van der Waals surface area contributed by atoms with E-state index in [1.807, 2.05) is 55.5 Å². The first-order valence-corrected chi connectivity index (χ1v) is 10.4. The lowest BCUT2D eigenvalue weighted by Crippen LogP contribution is -2.05. The van der Waals surface area contributed by atoms with Crippen LogP contribution in [0.25, 0.3) is 0 Å². The molecular formula is C22H21Br2NO2. The summed E-state index contributed by atoms with van der Waals surface area (Å²) < 4.78 is 13.5. The van der Waals surface area contributed by atoms with Gasteiger partial charge in [-0.25, -0.2) is 0 Å². The Morgan fingerprint density at radius 2 is 1.63 bits per heavy atom. The van der Waals surface area contributed by atoms with Gasteiger partial charge < -0.3 is 14.8 Å². The third-order valence-electron chi connectivity index (χ3n) is 3.96. The Kier molecular flexibility index (Phi) is 7.18. The van der Waals surface area contributed by atoms with Crippen molar-refractivity contribution in [2.75, 3.05) is 11.9 Å². The molecule has 0 aliphatic rings. The second-order valence-corrected chi connectivity index (χ2v) is 7.73. The van der Waals surface area contributed by atoms with Crippen LogP contribution < -0.4 is 14.8 Å². The lowest BCUT2D eigenvalue weighted by atomic mass is 10.2. The lowest BCUT2D eigenvalue weighted by Gasteiger charge is -2.16. The van der Waals surface area contributed by atoms with Gasteiger partial charge in [0.15, 0.2) is 0 Å². The number of halogens is 2. The van der Waals surface area contributed by atoms with Gasteiger partial charge in [0.2, 0.25) is 0 Å². The molecule has 27 heavy (non-hydrogen) atoms. The van der Waals surface area contributed by atoms with E-state index >= 15 is 0 Å². The van der Waals surface area contributed by atoms with Gasteiger partial charge in [0.25, 0.3) is 0 Å². The molecule has 3 aromatic carbocycles. The van der Waals surface area contributed by atoms with Crippen molar-refractivity contribution in [3.05, 3.63) is 86.8 Å². The van der Waals surface area contributed by atoms with Gasteiger partial charge in [-0.05, 0) is 64.8 Å². The normalized spacial score (nSPS) is 10.5. The van der Waals surface area contributed by atoms with Gasteiger partial charge in [-0.1, -0.05) is 46.3 Å². The Bertz CT molecular complexity index is 867. The van der Waals surface area contributed by atoms with Crippen LogP contribution in [0.15, 0.2) is 75.7 Å². The molecule has 0 radical (unpaired) electrons. The molecule has 0 aromatic heterocycles. The molecule has 3 nitrogen and oxygen atoms in total. The van der Waals surface area contributed by atoms with Crippen molar-refractivity contribution in [1.82, 2.24) is 0 Å². The number of benzene rings is 3. The smallest absolute Gasteiger partial charge is 0.139 e. The number of hydrogen-bond donors (Lipinski definition) is 1. The molecule has 0 saturated heterocycles. The van der Waals surface area contributed by atoms with Crippen molar-refractivity contribution in [1.29, 1.82) is 0 Å². The zero-order valence-electron chi connectivity index (χ0n) is 15.0. The topological polar surface area (TPSA) is 30.5 Å². The molecule has 0 aliphatic carbocycles. The van der Waals surface area contributed by atoms with Crippen LogP contribution in [0.1, 0.15) is 18.1 Å². The molecule has 3 rings (SSSR count). The molecule has 0 spiro atoms. The van der Waals surface area contributed by atoms with Crippen LogP contribution in [0.4, 0.5) is 5.69 Å². The second-order valence-electron chi connectivity index (χ2n) is 5.96. The van der Waals surface area contributed by atoms with E-state index in [-0.39, 0.29) is 0 Å². The van der Waals surface area contributed by atoms with E-state index in [2.05, 4.69) is 55.4 Å². The summed E-state index contributed by atoms with van der Waals surface area (Å²) in [5.74, 6) is 1.72. The van der Waals surface area contributed by atoms with E-state index in [1.165, 1.54) is 0 Å². The number of ether oxygens (including phenoxy) is 2. The summed E-state index contributed by atoms with van der Waals surface area (Å²) in [4.78, 5) is 0. The average Bonchev–Trinajstić information content (AvgIpc) is 2.67. The summed E-state index contributed by atoms with van der Waals surface area (Å²) in [6.45, 7) is 3.82. The highest BCUT2D eigenvalue weighted by Gasteiger charge is 2.11. The van der Waals surface area contributed by atoms with Crippen molar-refractivity contribution in [2.24, 2.45) is 0 Å². The number of rotatable bonds is 8. The van der Waals surface area contributed by atoms with E-state index in [0.717, 1.165) is 37.3 Å². The molecule has 1 N–H and O–H groups in total. The van der Waals surface area contributed by atoms with Crippen molar-refractivity contribution in [2.45, 2.75) is 20.1 Å². The molecule has 3 aromatic rings. The third kappa shape index (κ3) is 5.75. The highest BCUT2D eigenvalue weighted by molar-refractivity contribution is 9.11. The number of anilines is 1. The fourth-order valence-corrected chi connectivity index (χ4v) is 4.10. The van der Waals surface area contributed by atoms with Crippen LogP contribution in [0.3, 0.4) is 0 Å². The Balaban J connectivity index is 1.71. The average molecular weight is 491 g/mol. The molecule has 0 fully saturated rings. The zero-order chi connectivity index (χ0) is 19.1. The van der Waals surface area contributed by atoms with Gasteiger partial charge in [-0.15, -0.1) is 0 Å². The van der Waals surface area contributed by atoms with E-state index < -0.39 is 0 Å². The van der Waals surface area contributed by atoms with E-state index in [1.54, 1.807) is 0 Å². The van der Waals surface area contributed by atoms with E-state index in [9.17, 15) is 0 Å². The Hall–Kier alpha value is -1.98. The minimum absolute atomic E-state index is 0.525. The van der Waals surface area contributed by atoms with Crippen LogP contribution >= 0.6 is 31.9 Å². The van der Waals surface area contributed by atoms with Crippen molar-refractivity contribution >= 4 is 37.5 Å². The monoisotopic (exact) mass is 489 g/mol. The SMILES string of the molecule is CCOc1ccc(NCc2cc(Br)cc(Br)c2OCc2ccccc2)cc1. The first kappa shape index (κ1) is 19.8. The van der Waals surface area contributed by atoms with Crippen molar-refractivity contribution < 1.29 is 9.47 Å². The van der Waals surface area contributed by atoms with Crippen LogP contribution in [-0.4, -0.2) is 6.61 Å². The van der Waals surface area contributed by atoms with Gasteiger partial charge >= 0.3 is 0 Å². The maximum Gasteiger partial charge on any atom is 0.139 e. The van der Waals surface area contributed by atoms with Crippen LogP contribution in [0.5, 0.6) is 11.5 Å². The fraction of sp³-hybridized carbons (Fsp3) is 0.182. The molecule has 0 unspecified atom stereocenters. The summed E-state index contributed by atoms with van der Waals surface area (Å²) in [7, 11) is 0. The zero-order valence-corrected chi connectivity index (χ0v) is 18.2. The summed E-state index contributed by atoms with van der Waals surface area (Å²) in [6, 6.07) is 22.2. The highest BCUT2D eigenvalue weighted by Crippen LogP contribution is 2.34. The quantitative estimate of drug-likeness (QED) is 0.376. The molecule has 0 saturated carbocycles. The van der Waals surface area contributed by atoms with Gasteiger partial charge in [-0.2, -0.15) is 0 Å². The Morgan fingerprint density at radius 1 is 0.889 bits per heavy atom. The van der Waals surface area contributed by atoms with Gasteiger partial charge in [-0.3, -0.25) is 0 Å². The largest absolute Gasteiger partial charge is 0.494 e. The fourth-order valence-electron chi connectivity index (χ4n) is 2.67. The van der Waals surface area contributed by atoms with Crippen molar-refractivity contribution in [3.8, 4) is 11.5 Å². The van der Waals surface area contributed by atoms with E-state index in [0.29, 0.717) is 19.8 Å². The van der Waals surface area contributed by atoms with Crippen LogP contribution in [0.2, 0.25) is 0 Å². The number of hydrogen-bond acceptors (Lipinski definition) is 3. The van der Waals surface area contributed by atoms with Gasteiger partial charge in [0.05, 0.1) is 11.1 Å². The van der Waals surface area contributed by atoms with Gasteiger partial charge in [0.1, 0.15) is 18.1 Å². The molecule has 0 atom stereocenters. The number of nitrogens with one attached hydrogen (secondary N) is 1. The summed E-state index contributed by atoms with van der Waals surface area (Å²) in [5.41, 5.74) is 3.24. The molecular weight excluding hydrogens is 470 g/mol. The van der Waals surface area contributed by atoms with Crippen LogP contribution in [0, 0.1) is 0 Å². The predicted molar refractivity (Wildman–Crippen MR) is 118 cm³/mol. The predicted octanol–water partition coefficient (Wildman–Crippen LogP) is 6.80. The molecule has 0 aliphatic heterocycles. The highest BCUT2D eigenvalue weighted by atomic mass is 79.9. The van der Waals surface area contributed by atoms with E-state index in [4.69, 9.17) is 9.47 Å². The Morgan fingerprint density at radius 3 is 2.33 bits per heavy atom. The summed E-state index contributed by atoms with van der Waals surface area (Å²) >= 11 is 7.19. The lowest BCUT2D eigenvalue weighted by molar-refractivity contribution is 0.301. The Labute approximate surface area is 177 Å². The summed E-state index contributed by atoms with van der Waals surface area (Å²) in [6.07, 6.45) is 0. The minimum atomic E-state index is 0.525.